The number of carbonyl (C=O) groups is 3. The van der Waals surface area contributed by atoms with Crippen LogP contribution in [0.3, 0.4) is 0 Å². The topological polar surface area (TPSA) is 93.1 Å². The monoisotopic (exact) mass is 361 g/mol. The van der Waals surface area contributed by atoms with Crippen molar-refractivity contribution in [1.29, 1.82) is 0 Å². The Morgan fingerprint density at radius 1 is 1.44 bits per heavy atom. The van der Waals surface area contributed by atoms with Crippen molar-refractivity contribution in [1.82, 2.24) is 4.90 Å². The van der Waals surface area contributed by atoms with E-state index in [1.807, 2.05) is 0 Å². The van der Waals surface area contributed by atoms with Crippen LogP contribution in [-0.2, 0) is 9.59 Å². The Bertz CT molecular complexity index is 795. The Balaban J connectivity index is 2.27. The molecule has 0 bridgehead atoms. The Morgan fingerprint density at radius 3 is 2.76 bits per heavy atom. The van der Waals surface area contributed by atoms with E-state index in [9.17, 15) is 14.4 Å². The van der Waals surface area contributed by atoms with E-state index in [1.54, 1.807) is 12.1 Å². The lowest BCUT2D eigenvalue weighted by Crippen LogP contribution is -2.28. The Hall–Kier alpha value is -2.92. The first-order valence-corrected chi connectivity index (χ1v) is 7.95. The number of terminal acetylenes is 1. The second-order valence-corrected chi connectivity index (χ2v) is 5.97. The molecule has 8 heteroatoms. The third kappa shape index (κ3) is 4.14. The van der Waals surface area contributed by atoms with Crippen LogP contribution in [0.25, 0.3) is 6.08 Å². The standard InChI is InChI=1S/C17H15NO6S/c1-4-7-18-15(19)14(25-17(18)22)9-11-5-6-12(13(8-11)23-3)24-10(2)16(20)21/h1,5-6,8-10H,7H2,2-3H3,(H,20,21)/b14-9+. The van der Waals surface area contributed by atoms with Crippen molar-refractivity contribution in [2.45, 2.75) is 13.0 Å². The predicted octanol–water partition coefficient (Wildman–Crippen LogP) is 2.22. The second-order valence-electron chi connectivity index (χ2n) is 4.98. The highest BCUT2D eigenvalue weighted by Gasteiger charge is 2.34. The molecule has 0 aliphatic carbocycles. The van der Waals surface area contributed by atoms with Crippen molar-refractivity contribution < 1.29 is 29.0 Å². The number of methoxy groups -OCH3 is 1. The zero-order valence-corrected chi connectivity index (χ0v) is 14.3. The first-order chi connectivity index (χ1) is 11.9. The molecule has 1 aromatic carbocycles. The number of rotatable bonds is 6. The maximum absolute atomic E-state index is 12.2. The van der Waals surface area contributed by atoms with Crippen LogP contribution in [0.15, 0.2) is 23.1 Å². The molecule has 1 saturated heterocycles. The lowest BCUT2D eigenvalue weighted by Gasteiger charge is -2.14. The van der Waals surface area contributed by atoms with Crippen LogP contribution < -0.4 is 9.47 Å². The number of hydrogen-bond acceptors (Lipinski definition) is 6. The van der Waals surface area contributed by atoms with Gasteiger partial charge in [0.25, 0.3) is 11.1 Å². The van der Waals surface area contributed by atoms with Crippen LogP contribution in [0.5, 0.6) is 11.5 Å². The fourth-order valence-electron chi connectivity index (χ4n) is 1.99. The van der Waals surface area contributed by atoms with Gasteiger partial charge in [-0.1, -0.05) is 12.0 Å². The number of ether oxygens (including phenoxy) is 2. The van der Waals surface area contributed by atoms with Crippen LogP contribution >= 0.6 is 11.8 Å². The van der Waals surface area contributed by atoms with Gasteiger partial charge in [0, 0.05) is 0 Å². The molecule has 1 aliphatic heterocycles. The lowest BCUT2D eigenvalue weighted by atomic mass is 10.2. The third-order valence-corrected chi connectivity index (χ3v) is 4.17. The summed E-state index contributed by atoms with van der Waals surface area (Å²) < 4.78 is 10.5. The molecule has 1 aromatic rings. The molecule has 2 rings (SSSR count). The summed E-state index contributed by atoms with van der Waals surface area (Å²) in [7, 11) is 1.41. The van der Waals surface area contributed by atoms with Crippen molar-refractivity contribution in [3.63, 3.8) is 0 Å². The predicted molar refractivity (Wildman–Crippen MR) is 92.2 cm³/mol. The summed E-state index contributed by atoms with van der Waals surface area (Å²) in [4.78, 5) is 36.0. The van der Waals surface area contributed by atoms with Crippen LogP contribution in [0.1, 0.15) is 12.5 Å². The van der Waals surface area contributed by atoms with E-state index in [1.165, 1.54) is 26.2 Å². The van der Waals surface area contributed by atoms with Crippen molar-refractivity contribution in [2.75, 3.05) is 13.7 Å². The van der Waals surface area contributed by atoms with Gasteiger partial charge in [-0.05, 0) is 42.5 Å². The fourth-order valence-corrected chi connectivity index (χ4v) is 2.83. The molecule has 0 saturated carbocycles. The molecule has 0 radical (unpaired) electrons. The number of amides is 2. The first kappa shape index (κ1) is 18.4. The summed E-state index contributed by atoms with van der Waals surface area (Å²) in [5.41, 5.74) is 0.596. The minimum absolute atomic E-state index is 0.0782. The van der Waals surface area contributed by atoms with Crippen molar-refractivity contribution in [3.8, 4) is 23.8 Å². The zero-order valence-electron chi connectivity index (χ0n) is 13.5. The van der Waals surface area contributed by atoms with Crippen LogP contribution in [0.4, 0.5) is 4.79 Å². The Kier molecular flexibility index (Phi) is 5.72. The number of thioether (sulfide) groups is 1. The molecule has 25 heavy (non-hydrogen) atoms. The van der Waals surface area contributed by atoms with Crippen molar-refractivity contribution >= 4 is 35.0 Å². The molecule has 0 spiro atoms. The SMILES string of the molecule is C#CCN1C(=O)S/C(=C/c2ccc(OC(C)C(=O)O)c(OC)c2)C1=O. The molecule has 1 N–H and O–H groups in total. The summed E-state index contributed by atoms with van der Waals surface area (Å²) in [6.07, 6.45) is 5.64. The molecule has 1 heterocycles. The number of carboxylic acid groups (broad SMARTS) is 1. The van der Waals surface area contributed by atoms with Gasteiger partial charge in [0.1, 0.15) is 0 Å². The van der Waals surface area contributed by atoms with Gasteiger partial charge in [0.2, 0.25) is 0 Å². The smallest absolute Gasteiger partial charge is 0.344 e. The molecular formula is C17H15NO6S. The lowest BCUT2D eigenvalue weighted by molar-refractivity contribution is -0.144. The highest BCUT2D eigenvalue weighted by molar-refractivity contribution is 8.18. The summed E-state index contributed by atoms with van der Waals surface area (Å²) in [5.74, 6) is 1.28. The number of nitrogens with zero attached hydrogens (tertiary/aromatic N) is 1. The highest BCUT2D eigenvalue weighted by Crippen LogP contribution is 2.34. The fraction of sp³-hybridized carbons (Fsp3) is 0.235. The molecule has 0 aromatic heterocycles. The quantitative estimate of drug-likeness (QED) is 0.613. The third-order valence-electron chi connectivity index (χ3n) is 3.26. The number of imide groups is 1. The minimum Gasteiger partial charge on any atom is -0.493 e. The van der Waals surface area contributed by atoms with E-state index in [0.29, 0.717) is 11.3 Å². The summed E-state index contributed by atoms with van der Waals surface area (Å²) in [5, 5.41) is 8.49. The number of hydrogen-bond donors (Lipinski definition) is 1. The van der Waals surface area contributed by atoms with Crippen molar-refractivity contribution in [2.24, 2.45) is 0 Å². The number of aliphatic carboxylic acids is 1. The van der Waals surface area contributed by atoms with Gasteiger partial charge in [0.05, 0.1) is 18.6 Å². The van der Waals surface area contributed by atoms with Gasteiger partial charge in [-0.2, -0.15) is 0 Å². The van der Waals surface area contributed by atoms with E-state index in [-0.39, 0.29) is 17.2 Å². The molecule has 1 fully saturated rings. The Labute approximate surface area is 148 Å². The van der Waals surface area contributed by atoms with Gasteiger partial charge >= 0.3 is 5.97 Å². The van der Waals surface area contributed by atoms with Crippen LogP contribution in [0, 0.1) is 12.3 Å². The molecule has 1 unspecified atom stereocenters. The molecule has 7 nitrogen and oxygen atoms in total. The number of benzene rings is 1. The van der Waals surface area contributed by atoms with Crippen LogP contribution in [-0.4, -0.2) is 46.9 Å². The second kappa shape index (κ2) is 7.77. The largest absolute Gasteiger partial charge is 0.493 e. The van der Waals surface area contributed by atoms with E-state index in [0.717, 1.165) is 16.7 Å². The maximum atomic E-state index is 12.2. The van der Waals surface area contributed by atoms with Gasteiger partial charge in [-0.3, -0.25) is 14.5 Å². The van der Waals surface area contributed by atoms with Gasteiger partial charge in [-0.15, -0.1) is 6.42 Å². The van der Waals surface area contributed by atoms with E-state index < -0.39 is 23.2 Å². The molecule has 1 atom stereocenters. The van der Waals surface area contributed by atoms with Gasteiger partial charge < -0.3 is 14.6 Å². The molecular weight excluding hydrogens is 346 g/mol. The average molecular weight is 361 g/mol. The normalized spacial score (nSPS) is 16.7. The maximum Gasteiger partial charge on any atom is 0.344 e. The van der Waals surface area contributed by atoms with Crippen molar-refractivity contribution in [3.05, 3.63) is 28.7 Å². The number of carbonyl (C=O) groups excluding carboxylic acids is 2. The van der Waals surface area contributed by atoms with E-state index in [2.05, 4.69) is 5.92 Å². The first-order valence-electron chi connectivity index (χ1n) is 7.13. The summed E-state index contributed by atoms with van der Waals surface area (Å²) in [6, 6.07) is 4.75. The summed E-state index contributed by atoms with van der Waals surface area (Å²) >= 11 is 0.802. The molecule has 1 aliphatic rings. The molecule has 2 amide bonds. The van der Waals surface area contributed by atoms with Crippen LogP contribution in [0.2, 0.25) is 0 Å². The zero-order chi connectivity index (χ0) is 18.6. The minimum atomic E-state index is -1.10. The average Bonchev–Trinajstić information content (AvgIpc) is 2.83. The van der Waals surface area contributed by atoms with E-state index in [4.69, 9.17) is 21.0 Å². The van der Waals surface area contributed by atoms with Gasteiger partial charge in [-0.25, -0.2) is 4.79 Å². The molecule has 130 valence electrons. The Morgan fingerprint density at radius 2 is 2.16 bits per heavy atom. The highest BCUT2D eigenvalue weighted by atomic mass is 32.2. The van der Waals surface area contributed by atoms with Gasteiger partial charge in [0.15, 0.2) is 17.6 Å². The number of carboxylic acids is 1. The summed E-state index contributed by atoms with van der Waals surface area (Å²) in [6.45, 7) is 1.32. The van der Waals surface area contributed by atoms with E-state index >= 15 is 0 Å².